The molecule has 0 spiro atoms. The van der Waals surface area contributed by atoms with Gasteiger partial charge in [0.2, 0.25) is 0 Å². The maximum absolute atomic E-state index is 13.8. The molecule has 0 saturated carbocycles. The Balaban J connectivity index is 6.88. The largest absolute Gasteiger partial charge is 0.417 e. The second-order valence-electron chi connectivity index (χ2n) is 6.41. The Kier molecular flexibility index (Phi) is 10.2. The fraction of sp³-hybridized carbons (Fsp3) is 0.500. The fourth-order valence-electron chi connectivity index (χ4n) is 2.60. The predicted octanol–water partition coefficient (Wildman–Crippen LogP) is 7.43. The molecule has 0 atom stereocenters. The van der Waals surface area contributed by atoms with Crippen LogP contribution in [0, 0.1) is 0 Å². The van der Waals surface area contributed by atoms with Gasteiger partial charge < -0.3 is 0 Å². The van der Waals surface area contributed by atoms with Crippen LogP contribution in [0.25, 0.3) is 0 Å². The van der Waals surface area contributed by atoms with E-state index in [4.69, 9.17) is 0 Å². The Morgan fingerprint density at radius 3 is 2.08 bits per heavy atom. The second kappa shape index (κ2) is 11.0. The molecule has 0 aliphatic heterocycles. The van der Waals surface area contributed by atoms with Gasteiger partial charge in [0.1, 0.15) is 0 Å². The molecule has 0 amide bonds. The number of carbonyl (C=O) groups is 1. The molecule has 0 saturated heterocycles. The number of carbonyl (C=O) groups excluding carboxylic acids is 1. The van der Waals surface area contributed by atoms with E-state index in [1.54, 1.807) is 26.0 Å². The number of alkyl halides is 3. The van der Waals surface area contributed by atoms with Gasteiger partial charge in [-0.1, -0.05) is 44.6 Å². The van der Waals surface area contributed by atoms with Gasteiger partial charge in [0.05, 0.1) is 5.57 Å². The van der Waals surface area contributed by atoms with Crippen molar-refractivity contribution < 1.29 is 18.0 Å². The van der Waals surface area contributed by atoms with Gasteiger partial charge in [-0.25, -0.2) is 0 Å². The second-order valence-corrected chi connectivity index (χ2v) is 6.41. The molecule has 0 heterocycles. The Hall–Kier alpha value is -1.84. The summed E-state index contributed by atoms with van der Waals surface area (Å²) in [6.45, 7) is 14.5. The number of halogens is 3. The number of hydrogen-bond acceptors (Lipinski definition) is 1. The van der Waals surface area contributed by atoms with Crippen LogP contribution in [0.15, 0.2) is 58.2 Å². The average Bonchev–Trinajstić information content (AvgIpc) is 2.56. The van der Waals surface area contributed by atoms with Gasteiger partial charge in [-0.05, 0) is 75.3 Å². The molecule has 26 heavy (non-hydrogen) atoms. The van der Waals surface area contributed by atoms with Crippen LogP contribution in [0.4, 0.5) is 13.2 Å². The van der Waals surface area contributed by atoms with Crippen molar-refractivity contribution in [1.29, 1.82) is 0 Å². The van der Waals surface area contributed by atoms with Crippen LogP contribution in [0.1, 0.15) is 67.2 Å². The van der Waals surface area contributed by atoms with E-state index in [9.17, 15) is 18.0 Å². The summed E-state index contributed by atoms with van der Waals surface area (Å²) in [4.78, 5) is 11.5. The lowest BCUT2D eigenvalue weighted by Crippen LogP contribution is -2.18. The molecule has 146 valence electrons. The first-order chi connectivity index (χ1) is 12.0. The van der Waals surface area contributed by atoms with E-state index < -0.39 is 17.5 Å². The zero-order valence-electron chi connectivity index (χ0n) is 16.8. The highest BCUT2D eigenvalue weighted by molar-refractivity contribution is 5.89. The van der Waals surface area contributed by atoms with Gasteiger partial charge >= 0.3 is 6.18 Å². The summed E-state index contributed by atoms with van der Waals surface area (Å²) < 4.78 is 41.5. The van der Waals surface area contributed by atoms with Crippen molar-refractivity contribution in [1.82, 2.24) is 0 Å². The summed E-state index contributed by atoms with van der Waals surface area (Å²) in [6, 6.07) is 0. The van der Waals surface area contributed by atoms with Gasteiger partial charge in [0, 0.05) is 0 Å². The van der Waals surface area contributed by atoms with Crippen molar-refractivity contribution in [2.45, 2.75) is 73.4 Å². The van der Waals surface area contributed by atoms with Crippen LogP contribution in [0.2, 0.25) is 0 Å². The maximum atomic E-state index is 13.8. The zero-order valence-corrected chi connectivity index (χ0v) is 16.8. The average molecular weight is 368 g/mol. The summed E-state index contributed by atoms with van der Waals surface area (Å²) in [5.74, 6) is -0.633. The topological polar surface area (TPSA) is 17.1 Å². The van der Waals surface area contributed by atoms with E-state index in [0.717, 1.165) is 37.3 Å². The monoisotopic (exact) mass is 368 g/mol. The van der Waals surface area contributed by atoms with Crippen LogP contribution in [0.3, 0.4) is 0 Å². The molecule has 0 unspecified atom stereocenters. The molecule has 0 aliphatic rings. The third kappa shape index (κ3) is 7.19. The smallest absolute Gasteiger partial charge is 0.295 e. The molecule has 0 rings (SSSR count). The Bertz CT molecular complexity index is 641. The van der Waals surface area contributed by atoms with Gasteiger partial charge in [0.15, 0.2) is 5.78 Å². The van der Waals surface area contributed by atoms with E-state index >= 15 is 0 Å². The summed E-state index contributed by atoms with van der Waals surface area (Å²) in [5, 5.41) is 0. The molecular formula is C22H31F3O. The molecule has 0 fully saturated rings. The van der Waals surface area contributed by atoms with Crippen molar-refractivity contribution in [3.05, 3.63) is 58.2 Å². The Labute approximate surface area is 156 Å². The highest BCUT2D eigenvalue weighted by Crippen LogP contribution is 2.40. The lowest BCUT2D eigenvalue weighted by molar-refractivity contribution is -0.114. The lowest BCUT2D eigenvalue weighted by Gasteiger charge is -2.22. The fourth-order valence-corrected chi connectivity index (χ4v) is 2.60. The van der Waals surface area contributed by atoms with Gasteiger partial charge in [-0.3, -0.25) is 4.79 Å². The van der Waals surface area contributed by atoms with E-state index in [1.807, 2.05) is 20.8 Å². The number of unbranched alkanes of at least 4 members (excludes halogenated alkanes) is 1. The lowest BCUT2D eigenvalue weighted by atomic mass is 9.85. The molecule has 0 N–H and O–H groups in total. The van der Waals surface area contributed by atoms with Crippen molar-refractivity contribution in [3.63, 3.8) is 0 Å². The highest BCUT2D eigenvalue weighted by Gasteiger charge is 2.38. The normalized spacial score (nSPS) is 15.0. The molecule has 1 nitrogen and oxygen atoms in total. The first-order valence-electron chi connectivity index (χ1n) is 9.02. The summed E-state index contributed by atoms with van der Waals surface area (Å²) >= 11 is 0. The van der Waals surface area contributed by atoms with E-state index in [1.165, 1.54) is 0 Å². The molecule has 0 radical (unpaired) electrons. The first-order valence-corrected chi connectivity index (χ1v) is 9.02. The minimum atomic E-state index is -4.64. The first kappa shape index (κ1) is 24.2. The number of rotatable bonds is 9. The van der Waals surface area contributed by atoms with Gasteiger partial charge in [-0.2, -0.15) is 13.2 Å². The van der Waals surface area contributed by atoms with Crippen molar-refractivity contribution in [3.8, 4) is 0 Å². The summed E-state index contributed by atoms with van der Waals surface area (Å²) in [7, 11) is 0. The van der Waals surface area contributed by atoms with Gasteiger partial charge in [0.25, 0.3) is 0 Å². The predicted molar refractivity (Wildman–Crippen MR) is 104 cm³/mol. The zero-order chi connectivity index (χ0) is 20.5. The van der Waals surface area contributed by atoms with E-state index in [0.29, 0.717) is 23.6 Å². The quantitative estimate of drug-likeness (QED) is 0.305. The number of hydrogen-bond donors (Lipinski definition) is 0. The molecule has 0 bridgehead atoms. The van der Waals surface area contributed by atoms with Crippen molar-refractivity contribution in [2.75, 3.05) is 0 Å². The van der Waals surface area contributed by atoms with Crippen molar-refractivity contribution >= 4 is 5.78 Å². The van der Waals surface area contributed by atoms with E-state index in [2.05, 4.69) is 6.58 Å². The third-order valence-electron chi connectivity index (χ3n) is 4.34. The standard InChI is InChI=1S/C22H31F3O/c1-8-11-13-19(12-9-2)21(18(7)17(6)15(4)10-3)20(14-16(5)26)22(23,24)25/h9,12,14H,7-8,10-11,13H2,1-6H3/b12-9-,17-15+,20-14+,21-19-. The molecule has 4 heteroatoms. The maximum Gasteiger partial charge on any atom is 0.417 e. The molecule has 0 aromatic carbocycles. The number of ketones is 1. The molecular weight excluding hydrogens is 337 g/mol. The van der Waals surface area contributed by atoms with E-state index in [-0.39, 0.29) is 5.57 Å². The van der Waals surface area contributed by atoms with Crippen molar-refractivity contribution in [2.24, 2.45) is 0 Å². The van der Waals surface area contributed by atoms with Crippen LogP contribution >= 0.6 is 0 Å². The minimum absolute atomic E-state index is 0.0320. The molecule has 0 aromatic heterocycles. The molecule has 0 aliphatic carbocycles. The van der Waals surface area contributed by atoms with Crippen LogP contribution in [-0.4, -0.2) is 12.0 Å². The minimum Gasteiger partial charge on any atom is -0.295 e. The Morgan fingerprint density at radius 1 is 1.12 bits per heavy atom. The summed E-state index contributed by atoms with van der Waals surface area (Å²) in [6.07, 6.45) is 2.32. The van der Waals surface area contributed by atoms with Crippen LogP contribution in [0.5, 0.6) is 0 Å². The third-order valence-corrected chi connectivity index (χ3v) is 4.34. The molecule has 0 aromatic rings. The van der Waals surface area contributed by atoms with Crippen LogP contribution in [-0.2, 0) is 4.79 Å². The SMILES string of the molecule is C=C(/C(C)=C(\C)CC)C(/C(=C\C(C)=O)C(F)(F)F)=C(\C=C/C)CCCC. The number of allylic oxidation sites excluding steroid dienone is 9. The summed E-state index contributed by atoms with van der Waals surface area (Å²) in [5.41, 5.74) is 1.73. The van der Waals surface area contributed by atoms with Crippen LogP contribution < -0.4 is 0 Å². The van der Waals surface area contributed by atoms with Gasteiger partial charge in [-0.15, -0.1) is 0 Å². The Morgan fingerprint density at radius 2 is 1.69 bits per heavy atom. The highest BCUT2D eigenvalue weighted by atomic mass is 19.4.